The number of halogens is 1. The maximum atomic E-state index is 14.3. The van der Waals surface area contributed by atoms with E-state index in [2.05, 4.69) is 4.90 Å². The van der Waals surface area contributed by atoms with E-state index in [1.54, 1.807) is 42.1 Å². The summed E-state index contributed by atoms with van der Waals surface area (Å²) in [6, 6.07) is 6.53. The zero-order chi connectivity index (χ0) is 22.8. The fourth-order valence-corrected chi connectivity index (χ4v) is 4.49. The number of hydrogen-bond acceptors (Lipinski definition) is 5. The van der Waals surface area contributed by atoms with Gasteiger partial charge in [-0.1, -0.05) is 18.2 Å². The molecule has 4 rings (SSSR count). The summed E-state index contributed by atoms with van der Waals surface area (Å²) in [6.07, 6.45) is 2.87. The van der Waals surface area contributed by atoms with Crippen LogP contribution in [0.4, 0.5) is 10.2 Å². The first-order valence-electron chi connectivity index (χ1n) is 11.2. The number of anilines is 1. The minimum absolute atomic E-state index is 0.0494. The van der Waals surface area contributed by atoms with E-state index >= 15 is 0 Å². The van der Waals surface area contributed by atoms with Crippen LogP contribution >= 0.6 is 0 Å². The quantitative estimate of drug-likeness (QED) is 0.717. The van der Waals surface area contributed by atoms with E-state index in [1.807, 2.05) is 6.92 Å². The van der Waals surface area contributed by atoms with Crippen molar-refractivity contribution in [2.45, 2.75) is 45.1 Å². The molecule has 3 heterocycles. The van der Waals surface area contributed by atoms with E-state index in [4.69, 9.17) is 9.97 Å². The normalized spacial score (nSPS) is 19.1. The van der Waals surface area contributed by atoms with Gasteiger partial charge in [-0.05, 0) is 38.8 Å². The molecule has 32 heavy (non-hydrogen) atoms. The number of carbonyl (C=O) groups excluding carboxylic acids is 2. The van der Waals surface area contributed by atoms with Gasteiger partial charge in [0.2, 0.25) is 11.8 Å². The van der Waals surface area contributed by atoms with Crippen LogP contribution in [0.25, 0.3) is 0 Å². The molecule has 7 nitrogen and oxygen atoms in total. The van der Waals surface area contributed by atoms with Crippen LogP contribution < -0.4 is 4.90 Å². The Morgan fingerprint density at radius 2 is 2.00 bits per heavy atom. The molecule has 2 aliphatic heterocycles. The molecular formula is C24H30FN5O2. The molecule has 1 aromatic heterocycles. The summed E-state index contributed by atoms with van der Waals surface area (Å²) < 4.78 is 14.3. The highest BCUT2D eigenvalue weighted by Gasteiger charge is 2.31. The van der Waals surface area contributed by atoms with Gasteiger partial charge >= 0.3 is 0 Å². The van der Waals surface area contributed by atoms with Crippen LogP contribution in [-0.2, 0) is 22.6 Å². The second-order valence-corrected chi connectivity index (χ2v) is 8.90. The monoisotopic (exact) mass is 439 g/mol. The van der Waals surface area contributed by atoms with Crippen molar-refractivity contribution in [1.29, 1.82) is 0 Å². The predicted molar refractivity (Wildman–Crippen MR) is 120 cm³/mol. The number of rotatable bonds is 5. The van der Waals surface area contributed by atoms with Crippen molar-refractivity contribution >= 4 is 17.6 Å². The average molecular weight is 440 g/mol. The molecule has 2 aromatic rings. The first kappa shape index (κ1) is 22.3. The van der Waals surface area contributed by atoms with Crippen molar-refractivity contribution in [3.8, 4) is 0 Å². The Balaban J connectivity index is 1.61. The highest BCUT2D eigenvalue weighted by molar-refractivity contribution is 5.95. The van der Waals surface area contributed by atoms with E-state index in [0.717, 1.165) is 30.6 Å². The van der Waals surface area contributed by atoms with Crippen LogP contribution in [0.2, 0.25) is 0 Å². The number of carbonyl (C=O) groups is 2. The molecule has 1 fully saturated rings. The molecule has 170 valence electrons. The summed E-state index contributed by atoms with van der Waals surface area (Å²) in [7, 11) is 3.53. The number of aromatic nitrogens is 2. The number of aryl methyl sites for hydroxylation is 1. The maximum Gasteiger partial charge on any atom is 0.236 e. The molecule has 8 heteroatoms. The zero-order valence-electron chi connectivity index (χ0n) is 19.0. The van der Waals surface area contributed by atoms with Crippen molar-refractivity contribution in [2.24, 2.45) is 0 Å². The molecule has 0 spiro atoms. The second-order valence-electron chi connectivity index (χ2n) is 8.90. The third-order valence-electron chi connectivity index (χ3n) is 6.37. The Hall–Kier alpha value is -2.87. The molecular weight excluding hydrogens is 409 g/mol. The summed E-state index contributed by atoms with van der Waals surface area (Å²) in [6.45, 7) is 4.07. The van der Waals surface area contributed by atoms with Gasteiger partial charge in [0.25, 0.3) is 0 Å². The number of benzene rings is 1. The smallest absolute Gasteiger partial charge is 0.236 e. The fraction of sp³-hybridized carbons (Fsp3) is 0.500. The van der Waals surface area contributed by atoms with E-state index in [0.29, 0.717) is 43.1 Å². The lowest BCUT2D eigenvalue weighted by Gasteiger charge is -2.34. The lowest BCUT2D eigenvalue weighted by molar-refractivity contribution is -0.130. The Morgan fingerprint density at radius 3 is 2.75 bits per heavy atom. The highest BCUT2D eigenvalue weighted by Crippen LogP contribution is 2.33. The lowest BCUT2D eigenvalue weighted by atomic mass is 9.95. The molecule has 0 unspecified atom stereocenters. The third-order valence-corrected chi connectivity index (χ3v) is 6.37. The Kier molecular flexibility index (Phi) is 6.50. The van der Waals surface area contributed by atoms with Gasteiger partial charge in [-0.15, -0.1) is 0 Å². The summed E-state index contributed by atoms with van der Waals surface area (Å²) in [5.41, 5.74) is 2.30. The van der Waals surface area contributed by atoms with Crippen molar-refractivity contribution in [3.05, 3.63) is 52.7 Å². The van der Waals surface area contributed by atoms with Gasteiger partial charge in [-0.25, -0.2) is 14.4 Å². The summed E-state index contributed by atoms with van der Waals surface area (Å²) in [5, 5.41) is 0. The van der Waals surface area contributed by atoms with Gasteiger partial charge in [0.15, 0.2) is 0 Å². The van der Waals surface area contributed by atoms with E-state index in [1.165, 1.54) is 6.07 Å². The van der Waals surface area contributed by atoms with Crippen LogP contribution in [0.15, 0.2) is 24.3 Å². The molecule has 0 aliphatic carbocycles. The van der Waals surface area contributed by atoms with Crippen LogP contribution in [0.1, 0.15) is 47.8 Å². The second kappa shape index (κ2) is 9.32. The number of likely N-dealkylation sites (tertiary alicyclic amines) is 1. The molecule has 1 aromatic carbocycles. The summed E-state index contributed by atoms with van der Waals surface area (Å²) in [5.74, 6) is 1.11. The Bertz CT molecular complexity index is 1030. The van der Waals surface area contributed by atoms with Gasteiger partial charge in [0.05, 0.1) is 13.1 Å². The number of nitrogens with zero attached hydrogens (tertiary/aromatic N) is 5. The maximum absolute atomic E-state index is 14.3. The summed E-state index contributed by atoms with van der Waals surface area (Å²) in [4.78, 5) is 40.0. The number of likely N-dealkylation sites (N-methyl/N-ethyl adjacent to an activating group) is 1. The molecule has 0 radical (unpaired) electrons. The number of amides is 2. The molecule has 0 bridgehead atoms. The van der Waals surface area contributed by atoms with Gasteiger partial charge in [0.1, 0.15) is 17.5 Å². The fourth-order valence-electron chi connectivity index (χ4n) is 4.49. The largest absolute Gasteiger partial charge is 0.348 e. The molecule has 0 N–H and O–H groups in total. The first-order chi connectivity index (χ1) is 15.3. The van der Waals surface area contributed by atoms with Crippen molar-refractivity contribution < 1.29 is 14.0 Å². The molecule has 2 aliphatic rings. The standard InChI is InChI=1S/C24H30FN5O2/c1-16-19-10-11-21(31)30(14-17-7-4-5-9-20(17)25)24(19)27-23(26-16)18-8-6-12-29(13-18)15-22(32)28(2)3/h4-5,7,9,18H,6,8,10-15H2,1-3H3/t18-/m1/s1. The van der Waals surface area contributed by atoms with Crippen molar-refractivity contribution in [3.63, 3.8) is 0 Å². The average Bonchev–Trinajstić information content (AvgIpc) is 2.77. The van der Waals surface area contributed by atoms with Crippen LogP contribution in [0.5, 0.6) is 0 Å². The van der Waals surface area contributed by atoms with Crippen molar-refractivity contribution in [1.82, 2.24) is 19.8 Å². The Labute approximate surface area is 188 Å². The van der Waals surface area contributed by atoms with Gasteiger partial charge in [-0.2, -0.15) is 0 Å². The first-order valence-corrected chi connectivity index (χ1v) is 11.2. The third kappa shape index (κ3) is 4.65. The molecule has 0 saturated carbocycles. The number of piperidine rings is 1. The summed E-state index contributed by atoms with van der Waals surface area (Å²) >= 11 is 0. The van der Waals surface area contributed by atoms with Gasteiger partial charge in [0, 0.05) is 49.8 Å². The zero-order valence-corrected chi connectivity index (χ0v) is 19.0. The van der Waals surface area contributed by atoms with Crippen molar-refractivity contribution in [2.75, 3.05) is 38.6 Å². The molecule has 2 amide bonds. The minimum atomic E-state index is -0.327. The van der Waals surface area contributed by atoms with Crippen LogP contribution in [-0.4, -0.2) is 65.3 Å². The van der Waals surface area contributed by atoms with E-state index in [-0.39, 0.29) is 30.1 Å². The van der Waals surface area contributed by atoms with Crippen LogP contribution in [0.3, 0.4) is 0 Å². The van der Waals surface area contributed by atoms with Gasteiger partial charge in [-0.3, -0.25) is 19.4 Å². The van der Waals surface area contributed by atoms with E-state index in [9.17, 15) is 14.0 Å². The van der Waals surface area contributed by atoms with Gasteiger partial charge < -0.3 is 4.90 Å². The molecule has 1 saturated heterocycles. The minimum Gasteiger partial charge on any atom is -0.348 e. The predicted octanol–water partition coefficient (Wildman–Crippen LogP) is 2.67. The highest BCUT2D eigenvalue weighted by atomic mass is 19.1. The number of fused-ring (bicyclic) bond motifs is 1. The topological polar surface area (TPSA) is 69.6 Å². The number of hydrogen-bond donors (Lipinski definition) is 0. The Morgan fingerprint density at radius 1 is 1.22 bits per heavy atom. The SMILES string of the molecule is Cc1nc([C@@H]2CCCN(CC(=O)N(C)C)C2)nc2c1CCC(=O)N2Cc1ccccc1F. The van der Waals surface area contributed by atoms with E-state index < -0.39 is 0 Å². The molecule has 1 atom stereocenters. The lowest BCUT2D eigenvalue weighted by Crippen LogP contribution is -2.42. The van der Waals surface area contributed by atoms with Crippen LogP contribution in [0, 0.1) is 12.7 Å².